The van der Waals surface area contributed by atoms with Crippen molar-refractivity contribution in [1.82, 2.24) is 10.6 Å². The van der Waals surface area contributed by atoms with Gasteiger partial charge in [-0.25, -0.2) is 13.4 Å². The second-order valence-corrected chi connectivity index (χ2v) is 9.97. The first-order valence-corrected chi connectivity index (χ1v) is 12.6. The highest BCUT2D eigenvalue weighted by molar-refractivity contribution is 14.0. The molecule has 1 unspecified atom stereocenters. The summed E-state index contributed by atoms with van der Waals surface area (Å²) in [6.07, 6.45) is 2.26. The highest BCUT2D eigenvalue weighted by Crippen LogP contribution is 2.30. The second-order valence-electron chi connectivity index (χ2n) is 7.83. The lowest BCUT2D eigenvalue weighted by atomic mass is 10.1. The maximum atomic E-state index is 11.4. The minimum atomic E-state index is -3.03. The van der Waals surface area contributed by atoms with Crippen LogP contribution in [0.3, 0.4) is 0 Å². The van der Waals surface area contributed by atoms with E-state index in [1.165, 1.54) is 6.26 Å². The summed E-state index contributed by atoms with van der Waals surface area (Å²) >= 11 is 0. The van der Waals surface area contributed by atoms with Gasteiger partial charge in [-0.2, -0.15) is 0 Å². The van der Waals surface area contributed by atoms with Gasteiger partial charge in [0.1, 0.15) is 5.75 Å². The van der Waals surface area contributed by atoms with Gasteiger partial charge < -0.3 is 20.3 Å². The summed E-state index contributed by atoms with van der Waals surface area (Å²) in [5, 5.41) is 6.86. The maximum absolute atomic E-state index is 11.4. The van der Waals surface area contributed by atoms with E-state index in [9.17, 15) is 8.42 Å². The number of sulfone groups is 1. The number of nitrogens with one attached hydrogen (secondary N) is 2. The lowest BCUT2D eigenvalue weighted by Crippen LogP contribution is -2.44. The minimum absolute atomic E-state index is 0. The van der Waals surface area contributed by atoms with Gasteiger partial charge in [0, 0.05) is 31.9 Å². The Balaban J connectivity index is 0.00000363. The van der Waals surface area contributed by atoms with Crippen molar-refractivity contribution in [1.29, 1.82) is 0 Å². The molecule has 32 heavy (non-hydrogen) atoms. The van der Waals surface area contributed by atoms with Gasteiger partial charge in [-0.3, -0.25) is 0 Å². The number of ether oxygens (including phenoxy) is 1. The molecule has 0 bridgehead atoms. The summed E-state index contributed by atoms with van der Waals surface area (Å²) in [6, 6.07) is 16.0. The predicted molar refractivity (Wildman–Crippen MR) is 142 cm³/mol. The fourth-order valence-electron chi connectivity index (χ4n) is 3.72. The van der Waals surface area contributed by atoms with Crippen molar-refractivity contribution < 1.29 is 13.2 Å². The molecule has 0 aromatic heterocycles. The molecule has 1 atom stereocenters. The monoisotopic (exact) mass is 572 g/mol. The van der Waals surface area contributed by atoms with Gasteiger partial charge in [-0.15, -0.1) is 24.0 Å². The molecule has 0 radical (unpaired) electrons. The van der Waals surface area contributed by atoms with Crippen LogP contribution >= 0.6 is 24.0 Å². The lowest BCUT2D eigenvalue weighted by molar-refractivity contribution is 0.415. The Morgan fingerprint density at radius 2 is 1.84 bits per heavy atom. The van der Waals surface area contributed by atoms with E-state index in [-0.39, 0.29) is 29.7 Å². The molecule has 1 aliphatic heterocycles. The van der Waals surface area contributed by atoms with Crippen molar-refractivity contribution in [3.05, 3.63) is 59.7 Å². The second kappa shape index (κ2) is 12.3. The number of methoxy groups -OCH3 is 1. The minimum Gasteiger partial charge on any atom is -0.495 e. The van der Waals surface area contributed by atoms with E-state index >= 15 is 0 Å². The highest BCUT2D eigenvalue weighted by Gasteiger charge is 2.25. The molecule has 1 saturated heterocycles. The molecule has 1 heterocycles. The Kier molecular flexibility index (Phi) is 10.1. The number of anilines is 1. The Morgan fingerprint density at radius 3 is 2.50 bits per heavy atom. The zero-order valence-corrected chi connectivity index (χ0v) is 22.0. The van der Waals surface area contributed by atoms with E-state index in [4.69, 9.17) is 9.73 Å². The number of rotatable bonds is 8. The summed E-state index contributed by atoms with van der Waals surface area (Å²) in [6.45, 7) is 5.19. The van der Waals surface area contributed by atoms with Crippen LogP contribution in [0.2, 0.25) is 0 Å². The Labute approximate surface area is 208 Å². The molecular formula is C23H33IN4O3S. The molecule has 1 aliphatic rings. The first-order chi connectivity index (χ1) is 14.9. The van der Waals surface area contributed by atoms with Crippen LogP contribution in [0.15, 0.2) is 53.5 Å². The highest BCUT2D eigenvalue weighted by atomic mass is 127. The topological polar surface area (TPSA) is 83.0 Å². The normalized spacial score (nSPS) is 16.4. The number of hydrogen-bond donors (Lipinski definition) is 2. The Hall–Kier alpha value is -2.01. The maximum Gasteiger partial charge on any atom is 0.191 e. The van der Waals surface area contributed by atoms with E-state index < -0.39 is 9.84 Å². The molecule has 2 aromatic carbocycles. The average molecular weight is 573 g/mol. The summed E-state index contributed by atoms with van der Waals surface area (Å²) < 4.78 is 28.4. The van der Waals surface area contributed by atoms with E-state index in [0.29, 0.717) is 12.6 Å². The third kappa shape index (κ3) is 7.84. The van der Waals surface area contributed by atoms with Crippen LogP contribution in [0.1, 0.15) is 24.5 Å². The summed E-state index contributed by atoms with van der Waals surface area (Å²) in [5.41, 5.74) is 2.95. The summed E-state index contributed by atoms with van der Waals surface area (Å²) in [7, 11) is -1.32. The number of benzene rings is 2. The number of hydrogen-bond acceptors (Lipinski definition) is 5. The van der Waals surface area contributed by atoms with Crippen molar-refractivity contribution in [2.24, 2.45) is 4.99 Å². The van der Waals surface area contributed by atoms with Crippen molar-refractivity contribution in [2.75, 3.05) is 37.9 Å². The largest absolute Gasteiger partial charge is 0.495 e. The van der Waals surface area contributed by atoms with Crippen LogP contribution in [0.25, 0.3) is 0 Å². The SMILES string of the molecule is CCNC(=NCc1ccc(CS(C)(=O)=O)cc1)NC1CCN(c2ccccc2OC)C1.I. The quantitative estimate of drug-likeness (QED) is 0.287. The molecule has 0 spiro atoms. The van der Waals surface area contributed by atoms with Crippen LogP contribution in [0, 0.1) is 0 Å². The Morgan fingerprint density at radius 1 is 1.16 bits per heavy atom. The van der Waals surface area contributed by atoms with Crippen molar-refractivity contribution >= 4 is 45.5 Å². The third-order valence-corrected chi connectivity index (χ3v) is 6.03. The molecular weight excluding hydrogens is 539 g/mol. The van der Waals surface area contributed by atoms with Crippen LogP contribution in [-0.4, -0.2) is 53.4 Å². The first kappa shape index (κ1) is 26.2. The number of halogens is 1. The van der Waals surface area contributed by atoms with Gasteiger partial charge in [-0.05, 0) is 36.6 Å². The molecule has 0 amide bonds. The van der Waals surface area contributed by atoms with Crippen LogP contribution < -0.4 is 20.3 Å². The summed E-state index contributed by atoms with van der Waals surface area (Å²) in [4.78, 5) is 7.05. The lowest BCUT2D eigenvalue weighted by Gasteiger charge is -2.22. The average Bonchev–Trinajstić information content (AvgIpc) is 3.20. The van der Waals surface area contributed by atoms with Crippen molar-refractivity contribution in [3.63, 3.8) is 0 Å². The fourth-order valence-corrected chi connectivity index (χ4v) is 4.51. The van der Waals surface area contributed by atoms with Crippen molar-refractivity contribution in [2.45, 2.75) is 31.7 Å². The van der Waals surface area contributed by atoms with E-state index in [0.717, 1.165) is 54.6 Å². The molecule has 3 rings (SSSR count). The van der Waals surface area contributed by atoms with E-state index in [1.807, 2.05) is 49.4 Å². The molecule has 2 aromatic rings. The van der Waals surface area contributed by atoms with E-state index in [2.05, 4.69) is 21.6 Å². The number of nitrogens with zero attached hydrogens (tertiary/aromatic N) is 2. The smallest absolute Gasteiger partial charge is 0.191 e. The van der Waals surface area contributed by atoms with Gasteiger partial charge in [0.05, 0.1) is 25.1 Å². The van der Waals surface area contributed by atoms with Crippen LogP contribution in [0.4, 0.5) is 5.69 Å². The third-order valence-electron chi connectivity index (χ3n) is 5.17. The Bertz CT molecular complexity index is 997. The van der Waals surface area contributed by atoms with E-state index in [1.54, 1.807) is 7.11 Å². The van der Waals surface area contributed by atoms with Crippen molar-refractivity contribution in [3.8, 4) is 5.75 Å². The van der Waals surface area contributed by atoms with Crippen LogP contribution in [0.5, 0.6) is 5.75 Å². The molecule has 2 N–H and O–H groups in total. The zero-order valence-electron chi connectivity index (χ0n) is 18.9. The predicted octanol–water partition coefficient (Wildman–Crippen LogP) is 3.19. The van der Waals surface area contributed by atoms with Crippen LogP contribution in [-0.2, 0) is 22.1 Å². The number of para-hydroxylation sites is 2. The molecule has 0 aliphatic carbocycles. The molecule has 176 valence electrons. The van der Waals surface area contributed by atoms with Gasteiger partial charge in [0.2, 0.25) is 0 Å². The van der Waals surface area contributed by atoms with Gasteiger partial charge in [0.15, 0.2) is 15.8 Å². The summed E-state index contributed by atoms with van der Waals surface area (Å²) in [5.74, 6) is 1.74. The number of aliphatic imine (C=N–C) groups is 1. The standard InChI is InChI=1S/C23H32N4O3S.HI/c1-4-24-23(25-15-18-9-11-19(12-10-18)17-31(3,28)29)26-20-13-14-27(16-20)21-7-5-6-8-22(21)30-2;/h5-12,20H,4,13-17H2,1-3H3,(H2,24,25,26);1H. The molecule has 7 nitrogen and oxygen atoms in total. The zero-order chi connectivity index (χ0) is 22.3. The molecule has 0 saturated carbocycles. The number of guanidine groups is 1. The van der Waals surface area contributed by atoms with Gasteiger partial charge in [0.25, 0.3) is 0 Å². The fraction of sp³-hybridized carbons (Fsp3) is 0.435. The molecule has 9 heteroatoms. The van der Waals surface area contributed by atoms with Gasteiger partial charge >= 0.3 is 0 Å². The first-order valence-electron chi connectivity index (χ1n) is 10.6. The van der Waals surface area contributed by atoms with Gasteiger partial charge in [-0.1, -0.05) is 36.4 Å². The molecule has 1 fully saturated rings.